The topological polar surface area (TPSA) is 43.8 Å². The molecule has 4 nitrogen and oxygen atoms in total. The highest BCUT2D eigenvalue weighted by atomic mass is 79.9. The average molecular weight is 444 g/mol. The third kappa shape index (κ3) is 4.29. The number of benzene rings is 2. The van der Waals surface area contributed by atoms with Crippen LogP contribution in [0.5, 0.6) is 5.75 Å². The van der Waals surface area contributed by atoms with Crippen molar-refractivity contribution in [2.75, 3.05) is 26.2 Å². The number of hydrogen-bond acceptors (Lipinski definition) is 3. The minimum absolute atomic E-state index is 0.00141. The minimum Gasteiger partial charge on any atom is -0.507 e. The molecule has 0 aromatic heterocycles. The zero-order valence-corrected chi connectivity index (χ0v) is 16.5. The predicted octanol–water partition coefficient (Wildman–Crippen LogP) is 4.42. The first-order chi connectivity index (χ1) is 12.0. The van der Waals surface area contributed by atoms with E-state index in [1.807, 2.05) is 18.2 Å². The third-order valence-corrected chi connectivity index (χ3v) is 5.49. The number of piperazine rings is 1. The zero-order valence-electron chi connectivity index (χ0n) is 13.4. The maximum atomic E-state index is 12.6. The van der Waals surface area contributed by atoms with E-state index in [0.717, 1.165) is 23.1 Å². The van der Waals surface area contributed by atoms with Crippen LogP contribution in [0.15, 0.2) is 40.9 Å². The van der Waals surface area contributed by atoms with Crippen LogP contribution in [-0.2, 0) is 6.54 Å². The van der Waals surface area contributed by atoms with E-state index in [1.165, 1.54) is 6.07 Å². The van der Waals surface area contributed by atoms with Crippen molar-refractivity contribution in [2.45, 2.75) is 6.54 Å². The summed E-state index contributed by atoms with van der Waals surface area (Å²) >= 11 is 15.8. The molecule has 132 valence electrons. The van der Waals surface area contributed by atoms with Gasteiger partial charge in [-0.15, -0.1) is 0 Å². The molecule has 1 aliphatic heterocycles. The molecule has 1 heterocycles. The zero-order chi connectivity index (χ0) is 18.0. The van der Waals surface area contributed by atoms with Crippen molar-refractivity contribution in [1.82, 2.24) is 9.80 Å². The molecule has 1 amide bonds. The molecule has 7 heteroatoms. The number of halogens is 3. The van der Waals surface area contributed by atoms with Crippen LogP contribution >= 0.6 is 39.1 Å². The van der Waals surface area contributed by atoms with Gasteiger partial charge in [0.25, 0.3) is 5.91 Å². The first kappa shape index (κ1) is 18.5. The molecule has 1 aliphatic rings. The van der Waals surface area contributed by atoms with Crippen LogP contribution in [0.2, 0.25) is 10.0 Å². The highest BCUT2D eigenvalue weighted by Crippen LogP contribution is 2.27. The molecule has 0 spiro atoms. The lowest BCUT2D eigenvalue weighted by Gasteiger charge is -2.35. The second-order valence-corrected chi connectivity index (χ2v) is 7.66. The molecule has 25 heavy (non-hydrogen) atoms. The largest absolute Gasteiger partial charge is 0.507 e. The maximum Gasteiger partial charge on any atom is 0.257 e. The SMILES string of the molecule is O=C(c1cc(Br)ccc1O)N1CCN(Cc2c(Cl)cccc2Cl)CC1. The molecule has 0 saturated carbocycles. The fourth-order valence-electron chi connectivity index (χ4n) is 2.87. The van der Waals surface area contributed by atoms with E-state index in [0.29, 0.717) is 35.2 Å². The van der Waals surface area contributed by atoms with E-state index in [-0.39, 0.29) is 11.7 Å². The monoisotopic (exact) mass is 442 g/mol. The number of phenols is 1. The Balaban J connectivity index is 1.64. The average Bonchev–Trinajstić information content (AvgIpc) is 2.60. The van der Waals surface area contributed by atoms with Gasteiger partial charge in [-0.1, -0.05) is 45.2 Å². The molecule has 2 aromatic carbocycles. The second kappa shape index (κ2) is 7.96. The first-order valence-corrected chi connectivity index (χ1v) is 9.43. The van der Waals surface area contributed by atoms with Gasteiger partial charge in [0.1, 0.15) is 5.75 Å². The Morgan fingerprint density at radius 3 is 2.36 bits per heavy atom. The summed E-state index contributed by atoms with van der Waals surface area (Å²) in [6.07, 6.45) is 0. The van der Waals surface area contributed by atoms with E-state index in [1.54, 1.807) is 17.0 Å². The van der Waals surface area contributed by atoms with Crippen LogP contribution < -0.4 is 0 Å². The summed E-state index contributed by atoms with van der Waals surface area (Å²) in [7, 11) is 0. The molecule has 0 atom stereocenters. The molecule has 0 bridgehead atoms. The van der Waals surface area contributed by atoms with Crippen molar-refractivity contribution in [1.29, 1.82) is 0 Å². The van der Waals surface area contributed by atoms with E-state index < -0.39 is 0 Å². The summed E-state index contributed by atoms with van der Waals surface area (Å²) in [5, 5.41) is 11.3. The summed E-state index contributed by atoms with van der Waals surface area (Å²) in [5.74, 6) is -0.160. The summed E-state index contributed by atoms with van der Waals surface area (Å²) < 4.78 is 0.764. The lowest BCUT2D eigenvalue weighted by atomic mass is 10.1. The smallest absolute Gasteiger partial charge is 0.257 e. The summed E-state index contributed by atoms with van der Waals surface area (Å²) in [4.78, 5) is 16.6. The Kier molecular flexibility index (Phi) is 5.89. The normalized spacial score (nSPS) is 15.4. The predicted molar refractivity (Wildman–Crippen MR) is 103 cm³/mol. The van der Waals surface area contributed by atoms with Crippen molar-refractivity contribution < 1.29 is 9.90 Å². The van der Waals surface area contributed by atoms with Gasteiger partial charge in [-0.25, -0.2) is 0 Å². The number of rotatable bonds is 3. The number of amides is 1. The molecule has 1 fully saturated rings. The Bertz CT molecular complexity index is 772. The number of phenolic OH excluding ortho intramolecular Hbond substituents is 1. The Morgan fingerprint density at radius 1 is 1.08 bits per heavy atom. The van der Waals surface area contributed by atoms with Crippen LogP contribution in [0.4, 0.5) is 0 Å². The number of hydrogen-bond donors (Lipinski definition) is 1. The molecular formula is C18H17BrCl2N2O2. The molecule has 0 unspecified atom stereocenters. The van der Waals surface area contributed by atoms with Crippen LogP contribution in [0.1, 0.15) is 15.9 Å². The summed E-state index contributed by atoms with van der Waals surface area (Å²) in [6.45, 7) is 3.28. The number of carbonyl (C=O) groups is 1. The molecule has 3 rings (SSSR count). The lowest BCUT2D eigenvalue weighted by Crippen LogP contribution is -2.48. The Morgan fingerprint density at radius 2 is 1.72 bits per heavy atom. The van der Waals surface area contributed by atoms with Gasteiger partial charge < -0.3 is 10.0 Å². The van der Waals surface area contributed by atoms with Crippen molar-refractivity contribution in [2.24, 2.45) is 0 Å². The highest BCUT2D eigenvalue weighted by Gasteiger charge is 2.24. The van der Waals surface area contributed by atoms with Crippen molar-refractivity contribution >= 4 is 45.0 Å². The molecule has 0 aliphatic carbocycles. The van der Waals surface area contributed by atoms with Gasteiger partial charge in [-0.2, -0.15) is 0 Å². The van der Waals surface area contributed by atoms with Gasteiger partial charge in [0.05, 0.1) is 5.56 Å². The van der Waals surface area contributed by atoms with Gasteiger partial charge in [-0.05, 0) is 30.3 Å². The van der Waals surface area contributed by atoms with Crippen molar-refractivity contribution in [3.05, 3.63) is 62.0 Å². The molecule has 0 radical (unpaired) electrons. The minimum atomic E-state index is -0.158. The van der Waals surface area contributed by atoms with E-state index in [2.05, 4.69) is 20.8 Å². The quantitative estimate of drug-likeness (QED) is 0.763. The Labute approximate surface area is 165 Å². The Hall–Kier alpha value is -1.27. The summed E-state index contributed by atoms with van der Waals surface area (Å²) in [5.41, 5.74) is 1.23. The second-order valence-electron chi connectivity index (χ2n) is 5.93. The van der Waals surface area contributed by atoms with E-state index in [9.17, 15) is 9.90 Å². The van der Waals surface area contributed by atoms with E-state index >= 15 is 0 Å². The van der Waals surface area contributed by atoms with Crippen molar-refractivity contribution in [3.8, 4) is 5.75 Å². The van der Waals surface area contributed by atoms with Gasteiger partial charge >= 0.3 is 0 Å². The van der Waals surface area contributed by atoms with Crippen LogP contribution in [-0.4, -0.2) is 47.0 Å². The molecule has 1 N–H and O–H groups in total. The van der Waals surface area contributed by atoms with Crippen molar-refractivity contribution in [3.63, 3.8) is 0 Å². The molecule has 1 saturated heterocycles. The third-order valence-electron chi connectivity index (χ3n) is 4.29. The van der Waals surface area contributed by atoms with E-state index in [4.69, 9.17) is 23.2 Å². The standard InChI is InChI=1S/C18H17BrCl2N2O2/c19-12-4-5-17(24)13(10-12)18(25)23-8-6-22(7-9-23)11-14-15(20)2-1-3-16(14)21/h1-5,10,24H,6-9,11H2. The van der Waals surface area contributed by atoms with Crippen LogP contribution in [0, 0.1) is 0 Å². The highest BCUT2D eigenvalue weighted by molar-refractivity contribution is 9.10. The lowest BCUT2D eigenvalue weighted by molar-refractivity contribution is 0.0625. The first-order valence-electron chi connectivity index (χ1n) is 7.89. The summed E-state index contributed by atoms with van der Waals surface area (Å²) in [6, 6.07) is 10.4. The van der Waals surface area contributed by atoms with Gasteiger partial charge in [-0.3, -0.25) is 9.69 Å². The maximum absolute atomic E-state index is 12.6. The fourth-order valence-corrected chi connectivity index (χ4v) is 3.74. The fraction of sp³-hybridized carbons (Fsp3) is 0.278. The van der Waals surface area contributed by atoms with Crippen LogP contribution in [0.3, 0.4) is 0 Å². The van der Waals surface area contributed by atoms with Gasteiger partial charge in [0.15, 0.2) is 0 Å². The number of aromatic hydroxyl groups is 1. The number of carbonyl (C=O) groups excluding carboxylic acids is 1. The molecular weight excluding hydrogens is 427 g/mol. The van der Waals surface area contributed by atoms with Gasteiger partial charge in [0, 0.05) is 52.8 Å². The molecule has 2 aromatic rings. The van der Waals surface area contributed by atoms with Crippen LogP contribution in [0.25, 0.3) is 0 Å². The van der Waals surface area contributed by atoms with Gasteiger partial charge in [0.2, 0.25) is 0 Å². The number of nitrogens with zero attached hydrogens (tertiary/aromatic N) is 2.